The smallest absolute Gasteiger partial charge is 0.326 e. The molecule has 11 heteroatoms. The zero-order valence-corrected chi connectivity index (χ0v) is 22.6. The number of nitrogens with one attached hydrogen (secondary N) is 3. The predicted octanol–water partition coefficient (Wildman–Crippen LogP) is 2.54. The number of hydrogen-bond donors (Lipinski definition) is 4. The molecule has 3 fully saturated rings. The summed E-state index contributed by atoms with van der Waals surface area (Å²) in [5.41, 5.74) is 1.39. The summed E-state index contributed by atoms with van der Waals surface area (Å²) in [6.45, 7) is 4.73. The van der Waals surface area contributed by atoms with E-state index in [0.29, 0.717) is 35.9 Å². The molecule has 0 radical (unpaired) electrons. The molecule has 2 aromatic carbocycles. The lowest BCUT2D eigenvalue weighted by Gasteiger charge is -2.45. The first kappa shape index (κ1) is 26.4. The maximum Gasteiger partial charge on any atom is 0.326 e. The van der Waals surface area contributed by atoms with Crippen LogP contribution in [0.25, 0.3) is 0 Å². The maximum absolute atomic E-state index is 13.5. The minimum Gasteiger partial charge on any atom is -0.457 e. The van der Waals surface area contributed by atoms with E-state index in [1.807, 2.05) is 54.6 Å². The van der Waals surface area contributed by atoms with E-state index in [1.165, 1.54) is 22.7 Å². The van der Waals surface area contributed by atoms with E-state index in [4.69, 9.17) is 4.74 Å². The van der Waals surface area contributed by atoms with Crippen LogP contribution in [0.1, 0.15) is 12.8 Å². The van der Waals surface area contributed by atoms with Crippen molar-refractivity contribution in [2.45, 2.75) is 36.4 Å². The molecule has 10 nitrogen and oxygen atoms in total. The fourth-order valence-electron chi connectivity index (χ4n) is 5.96. The Morgan fingerprint density at radius 2 is 1.85 bits per heavy atom. The number of amides is 4. The number of β-amino-alcohol motifs (C(OH)–C–C–N with tert-alkyl or cyclic N) is 1. The van der Waals surface area contributed by atoms with Gasteiger partial charge in [-0.1, -0.05) is 36.5 Å². The van der Waals surface area contributed by atoms with E-state index < -0.39 is 12.1 Å². The number of rotatable bonds is 6. The van der Waals surface area contributed by atoms with Crippen molar-refractivity contribution >= 4 is 35.3 Å². The second-order valence-electron chi connectivity index (χ2n) is 10.3. The van der Waals surface area contributed by atoms with Gasteiger partial charge in [-0.25, -0.2) is 4.79 Å². The van der Waals surface area contributed by atoms with Gasteiger partial charge >= 0.3 is 6.03 Å². The molecule has 2 aromatic rings. The number of aliphatic hydroxyl groups is 1. The molecule has 4 amide bonds. The molecule has 208 valence electrons. The van der Waals surface area contributed by atoms with Gasteiger partial charge in [-0.15, -0.1) is 0 Å². The summed E-state index contributed by atoms with van der Waals surface area (Å²) in [4.78, 5) is 42.8. The zero-order chi connectivity index (χ0) is 27.8. The molecule has 4 aliphatic rings. The number of ether oxygens (including phenoxy) is 1. The van der Waals surface area contributed by atoms with E-state index in [1.54, 1.807) is 4.90 Å². The lowest BCUT2D eigenvalue weighted by Crippen LogP contribution is -2.62. The Morgan fingerprint density at radius 1 is 1.10 bits per heavy atom. The van der Waals surface area contributed by atoms with Gasteiger partial charge in [0.05, 0.1) is 22.4 Å². The zero-order valence-electron chi connectivity index (χ0n) is 21.8. The van der Waals surface area contributed by atoms with Crippen LogP contribution in [0.2, 0.25) is 0 Å². The molecule has 0 bridgehead atoms. The normalized spacial score (nSPS) is 27.5. The minimum atomic E-state index is -0.738. The molecule has 4 aliphatic heterocycles. The number of anilines is 1. The standard InChI is InChI=1S/C29H31N5O5S/c1-2-23(36)33-15-17(14-19(35)16-33)31-27(37)26-25-24-22(12-13-30-28(24)40-26)34(29(38)32-25)18-8-10-21(11-9-18)39-20-6-4-3-5-7-20/h2-11,17,19,22,24,28,30,35H,1,12-16H2,(H,31,37)(H,32,38)/t17-,19+,22?,24?,28?/m0/s1. The summed E-state index contributed by atoms with van der Waals surface area (Å²) < 4.78 is 5.91. The highest BCUT2D eigenvalue weighted by molar-refractivity contribution is 8.04. The van der Waals surface area contributed by atoms with E-state index in [9.17, 15) is 19.5 Å². The molecular formula is C29H31N5O5S. The van der Waals surface area contributed by atoms with Crippen LogP contribution in [0.5, 0.6) is 11.5 Å². The Balaban J connectivity index is 1.20. The number of para-hydroxylation sites is 1. The molecule has 0 spiro atoms. The van der Waals surface area contributed by atoms with Crippen LogP contribution in [0.4, 0.5) is 10.5 Å². The Labute approximate surface area is 236 Å². The van der Waals surface area contributed by atoms with Gasteiger partial charge in [-0.2, -0.15) is 0 Å². The van der Waals surface area contributed by atoms with E-state index >= 15 is 0 Å². The van der Waals surface area contributed by atoms with Gasteiger partial charge < -0.3 is 30.7 Å². The number of benzene rings is 2. The van der Waals surface area contributed by atoms with Crippen LogP contribution in [-0.4, -0.2) is 71.0 Å². The highest BCUT2D eigenvalue weighted by atomic mass is 32.2. The molecule has 0 aliphatic carbocycles. The fraction of sp³-hybridized carbons (Fsp3) is 0.345. The number of hydrogen-bond acceptors (Lipinski definition) is 7. The molecule has 4 heterocycles. The molecule has 0 saturated carbocycles. The lowest BCUT2D eigenvalue weighted by atomic mass is 9.86. The molecule has 3 saturated heterocycles. The summed E-state index contributed by atoms with van der Waals surface area (Å²) in [5, 5.41) is 19.7. The fourth-order valence-corrected chi connectivity index (χ4v) is 7.36. The SMILES string of the molecule is C=CC(=O)N1C[C@H](O)C[C@H](NC(=O)C2=C3NC(=O)N(c4ccc(Oc5ccccc5)cc4)C4CCNC(S2)C34)C1. The Kier molecular flexibility index (Phi) is 7.26. The van der Waals surface area contributed by atoms with Crippen molar-refractivity contribution in [3.05, 3.63) is 77.9 Å². The van der Waals surface area contributed by atoms with Crippen LogP contribution in [0.3, 0.4) is 0 Å². The average molecular weight is 562 g/mol. The number of thioether (sulfide) groups is 1. The quantitative estimate of drug-likeness (QED) is 0.400. The van der Waals surface area contributed by atoms with Crippen molar-refractivity contribution in [2.75, 3.05) is 24.5 Å². The minimum absolute atomic E-state index is 0.0610. The van der Waals surface area contributed by atoms with E-state index in [0.717, 1.165) is 17.9 Å². The topological polar surface area (TPSA) is 123 Å². The van der Waals surface area contributed by atoms with Crippen molar-refractivity contribution in [2.24, 2.45) is 5.92 Å². The molecule has 4 N–H and O–H groups in total. The summed E-state index contributed by atoms with van der Waals surface area (Å²) in [7, 11) is 0. The van der Waals surface area contributed by atoms with Crippen LogP contribution >= 0.6 is 11.8 Å². The second-order valence-corrected chi connectivity index (χ2v) is 11.5. The molecular weight excluding hydrogens is 530 g/mol. The van der Waals surface area contributed by atoms with Gasteiger partial charge in [0.1, 0.15) is 11.5 Å². The molecule has 5 atom stereocenters. The van der Waals surface area contributed by atoms with Crippen molar-refractivity contribution < 1.29 is 24.2 Å². The number of carbonyl (C=O) groups is 3. The molecule has 6 rings (SSSR count). The summed E-state index contributed by atoms with van der Waals surface area (Å²) in [5.74, 6) is 0.725. The van der Waals surface area contributed by atoms with E-state index in [-0.39, 0.29) is 41.7 Å². The monoisotopic (exact) mass is 561 g/mol. The predicted molar refractivity (Wildman–Crippen MR) is 152 cm³/mol. The Hall–Kier alpha value is -3.80. The Morgan fingerprint density at radius 3 is 2.60 bits per heavy atom. The van der Waals surface area contributed by atoms with Gasteiger partial charge in [0.25, 0.3) is 5.91 Å². The second kappa shape index (κ2) is 11.0. The van der Waals surface area contributed by atoms with Crippen LogP contribution in [0, 0.1) is 5.92 Å². The molecule has 0 aromatic heterocycles. The number of nitrogens with zero attached hydrogens (tertiary/aromatic N) is 2. The third-order valence-electron chi connectivity index (χ3n) is 7.69. The Bertz CT molecular complexity index is 1350. The third-order valence-corrected chi connectivity index (χ3v) is 9.05. The van der Waals surface area contributed by atoms with Crippen molar-refractivity contribution in [3.63, 3.8) is 0 Å². The first-order valence-corrected chi connectivity index (χ1v) is 14.3. The van der Waals surface area contributed by atoms with Crippen LogP contribution in [-0.2, 0) is 9.59 Å². The summed E-state index contributed by atoms with van der Waals surface area (Å²) in [6, 6.07) is 16.2. The van der Waals surface area contributed by atoms with Gasteiger partial charge in [0.2, 0.25) is 5.91 Å². The highest BCUT2D eigenvalue weighted by Crippen LogP contribution is 2.48. The van der Waals surface area contributed by atoms with Gasteiger partial charge in [-0.3, -0.25) is 14.5 Å². The van der Waals surface area contributed by atoms with Gasteiger partial charge in [0, 0.05) is 36.4 Å². The van der Waals surface area contributed by atoms with Crippen LogP contribution in [0.15, 0.2) is 77.9 Å². The maximum atomic E-state index is 13.5. The largest absolute Gasteiger partial charge is 0.457 e. The first-order valence-electron chi connectivity index (χ1n) is 13.4. The lowest BCUT2D eigenvalue weighted by molar-refractivity contribution is -0.130. The van der Waals surface area contributed by atoms with Crippen molar-refractivity contribution in [3.8, 4) is 11.5 Å². The van der Waals surface area contributed by atoms with E-state index in [2.05, 4.69) is 22.5 Å². The first-order chi connectivity index (χ1) is 19.4. The van der Waals surface area contributed by atoms with Gasteiger partial charge in [0.15, 0.2) is 0 Å². The number of aliphatic hydroxyl groups excluding tert-OH is 1. The molecule has 40 heavy (non-hydrogen) atoms. The summed E-state index contributed by atoms with van der Waals surface area (Å²) in [6.07, 6.45) is 1.55. The van der Waals surface area contributed by atoms with Gasteiger partial charge in [-0.05, 0) is 61.9 Å². The number of likely N-dealkylation sites (tertiary alicyclic amines) is 1. The summed E-state index contributed by atoms with van der Waals surface area (Å²) >= 11 is 1.42. The molecule has 3 unspecified atom stereocenters. The third kappa shape index (κ3) is 5.07. The highest BCUT2D eigenvalue weighted by Gasteiger charge is 2.51. The number of piperidine rings is 2. The average Bonchev–Trinajstić information content (AvgIpc) is 3.33. The number of urea groups is 1. The van der Waals surface area contributed by atoms with Crippen molar-refractivity contribution in [1.29, 1.82) is 0 Å². The van der Waals surface area contributed by atoms with Crippen LogP contribution < -0.4 is 25.6 Å². The van der Waals surface area contributed by atoms with Crippen molar-refractivity contribution in [1.82, 2.24) is 20.9 Å². The number of carbonyl (C=O) groups excluding carboxylic acids is 3.